The van der Waals surface area contributed by atoms with Crippen LogP contribution in [0.3, 0.4) is 0 Å². The van der Waals surface area contributed by atoms with E-state index < -0.39 is 11.4 Å². The highest BCUT2D eigenvalue weighted by Gasteiger charge is 2.54. The van der Waals surface area contributed by atoms with Crippen LogP contribution in [0.2, 0.25) is 0 Å². The highest BCUT2D eigenvalue weighted by molar-refractivity contribution is 5.73. The standard InChI is InChI=1S/C20H30O2/c1-13(2)14-6-8-16-15(12-14)7-9-17-19(16,3)10-5-11-20(17,4)18(21)22/h7,12-13,16-17H,5-6,8-11H2,1-4H3,(H,21,22)/p-1/t16-,17-,19+,20+/m0/s1. The summed E-state index contributed by atoms with van der Waals surface area (Å²) in [5, 5.41) is 11.8. The zero-order valence-electron chi connectivity index (χ0n) is 14.4. The van der Waals surface area contributed by atoms with Crippen LogP contribution in [0.1, 0.15) is 66.2 Å². The number of carboxylic acids is 1. The molecule has 3 rings (SSSR count). The second kappa shape index (κ2) is 5.25. The first-order chi connectivity index (χ1) is 10.3. The Balaban J connectivity index is 2.00. The van der Waals surface area contributed by atoms with Gasteiger partial charge in [-0.1, -0.05) is 51.8 Å². The number of allylic oxidation sites excluding steroid dienone is 4. The molecule has 0 aromatic carbocycles. The highest BCUT2D eigenvalue weighted by Crippen LogP contribution is 2.61. The van der Waals surface area contributed by atoms with Crippen LogP contribution in [0, 0.1) is 28.6 Å². The van der Waals surface area contributed by atoms with Crippen LogP contribution in [0.5, 0.6) is 0 Å². The van der Waals surface area contributed by atoms with Gasteiger partial charge in [0.15, 0.2) is 0 Å². The molecule has 0 aromatic heterocycles. The van der Waals surface area contributed by atoms with Gasteiger partial charge in [-0.15, -0.1) is 0 Å². The van der Waals surface area contributed by atoms with Crippen LogP contribution in [0.4, 0.5) is 0 Å². The largest absolute Gasteiger partial charge is 0.550 e. The van der Waals surface area contributed by atoms with Crippen molar-refractivity contribution in [1.82, 2.24) is 0 Å². The zero-order valence-corrected chi connectivity index (χ0v) is 14.4. The molecule has 0 spiro atoms. The molecule has 0 heterocycles. The predicted octanol–water partition coefficient (Wildman–Crippen LogP) is 3.87. The number of aliphatic carboxylic acids is 1. The summed E-state index contributed by atoms with van der Waals surface area (Å²) in [7, 11) is 0. The van der Waals surface area contributed by atoms with Crippen LogP contribution in [-0.4, -0.2) is 5.97 Å². The normalized spacial score (nSPS) is 41.3. The molecule has 0 aliphatic heterocycles. The fourth-order valence-electron chi connectivity index (χ4n) is 5.59. The fourth-order valence-corrected chi connectivity index (χ4v) is 5.59. The summed E-state index contributed by atoms with van der Waals surface area (Å²) in [4.78, 5) is 11.8. The molecule has 0 saturated heterocycles. The molecule has 0 aromatic rings. The van der Waals surface area contributed by atoms with E-state index in [1.165, 1.54) is 18.4 Å². The van der Waals surface area contributed by atoms with Crippen molar-refractivity contribution in [3.63, 3.8) is 0 Å². The Hall–Kier alpha value is -1.05. The van der Waals surface area contributed by atoms with Crippen molar-refractivity contribution in [2.24, 2.45) is 28.6 Å². The van der Waals surface area contributed by atoms with Crippen LogP contribution in [-0.2, 0) is 4.79 Å². The van der Waals surface area contributed by atoms with Crippen LogP contribution in [0.15, 0.2) is 23.3 Å². The lowest BCUT2D eigenvalue weighted by Gasteiger charge is -2.58. The fraction of sp³-hybridized carbons (Fsp3) is 0.750. The van der Waals surface area contributed by atoms with E-state index in [-0.39, 0.29) is 11.3 Å². The van der Waals surface area contributed by atoms with E-state index in [9.17, 15) is 9.90 Å². The third-order valence-electron chi connectivity index (χ3n) is 7.05. The molecule has 4 atom stereocenters. The monoisotopic (exact) mass is 301 g/mol. The molecule has 2 heteroatoms. The van der Waals surface area contributed by atoms with Gasteiger partial charge >= 0.3 is 0 Å². The molecule has 1 saturated carbocycles. The topological polar surface area (TPSA) is 40.1 Å². The van der Waals surface area contributed by atoms with Crippen LogP contribution >= 0.6 is 0 Å². The number of carbonyl (C=O) groups is 1. The summed E-state index contributed by atoms with van der Waals surface area (Å²) in [5.74, 6) is 0.538. The first-order valence-electron chi connectivity index (χ1n) is 8.91. The molecular weight excluding hydrogens is 272 g/mol. The van der Waals surface area contributed by atoms with E-state index in [1.807, 2.05) is 6.92 Å². The van der Waals surface area contributed by atoms with Gasteiger partial charge in [-0.05, 0) is 60.8 Å². The van der Waals surface area contributed by atoms with E-state index >= 15 is 0 Å². The van der Waals surface area contributed by atoms with Crippen LogP contribution < -0.4 is 5.11 Å². The average Bonchev–Trinajstić information content (AvgIpc) is 2.46. The molecule has 1 fully saturated rings. The molecule has 3 aliphatic carbocycles. The van der Waals surface area contributed by atoms with Gasteiger partial charge in [0.1, 0.15) is 0 Å². The van der Waals surface area contributed by atoms with E-state index in [0.717, 1.165) is 25.7 Å². The number of rotatable bonds is 2. The van der Waals surface area contributed by atoms with Gasteiger partial charge in [0.25, 0.3) is 0 Å². The number of hydrogen-bond acceptors (Lipinski definition) is 2. The Morgan fingerprint density at radius 1 is 1.32 bits per heavy atom. The predicted molar refractivity (Wildman–Crippen MR) is 86.9 cm³/mol. The van der Waals surface area contributed by atoms with E-state index in [1.54, 1.807) is 5.57 Å². The lowest BCUT2D eigenvalue weighted by Crippen LogP contribution is -2.56. The summed E-state index contributed by atoms with van der Waals surface area (Å²) >= 11 is 0. The molecule has 22 heavy (non-hydrogen) atoms. The molecule has 3 aliphatic rings. The second-order valence-electron chi connectivity index (χ2n) is 8.52. The SMILES string of the molecule is CC(C)C1=CC2=CC[C@H]3[C@](C)(CCC[C@@]3(C)C(=O)[O-])[C@H]2CC1. The molecule has 2 nitrogen and oxygen atoms in total. The molecular formula is C20H29O2-. The van der Waals surface area contributed by atoms with Gasteiger partial charge in [-0.2, -0.15) is 0 Å². The quantitative estimate of drug-likeness (QED) is 0.776. The summed E-state index contributed by atoms with van der Waals surface area (Å²) in [6.07, 6.45) is 11.0. The van der Waals surface area contributed by atoms with Crippen molar-refractivity contribution in [2.75, 3.05) is 0 Å². The Bertz CT molecular complexity index is 542. The maximum absolute atomic E-state index is 11.8. The van der Waals surface area contributed by atoms with Gasteiger partial charge in [0.05, 0.1) is 0 Å². The number of fused-ring (bicyclic) bond motifs is 3. The maximum Gasteiger partial charge on any atom is 0.0476 e. The molecule has 0 amide bonds. The van der Waals surface area contributed by atoms with Crippen molar-refractivity contribution in [1.29, 1.82) is 0 Å². The smallest absolute Gasteiger partial charge is 0.0476 e. The van der Waals surface area contributed by atoms with Gasteiger partial charge < -0.3 is 9.90 Å². The van der Waals surface area contributed by atoms with Gasteiger partial charge in [0, 0.05) is 11.4 Å². The first kappa shape index (κ1) is 15.8. The maximum atomic E-state index is 11.8. The molecule has 0 bridgehead atoms. The third kappa shape index (κ3) is 2.18. The van der Waals surface area contributed by atoms with Gasteiger partial charge in [-0.3, -0.25) is 0 Å². The number of hydrogen-bond donors (Lipinski definition) is 0. The summed E-state index contributed by atoms with van der Waals surface area (Å²) in [5.41, 5.74) is 2.51. The van der Waals surface area contributed by atoms with Gasteiger partial charge in [0.2, 0.25) is 0 Å². The third-order valence-corrected chi connectivity index (χ3v) is 7.05. The average molecular weight is 301 g/mol. The highest BCUT2D eigenvalue weighted by atomic mass is 16.4. The molecule has 0 unspecified atom stereocenters. The van der Waals surface area contributed by atoms with Crippen molar-refractivity contribution in [3.05, 3.63) is 23.3 Å². The minimum atomic E-state index is -0.838. The molecule has 122 valence electrons. The number of carbonyl (C=O) groups excluding carboxylic acids is 1. The Morgan fingerprint density at radius 3 is 2.68 bits per heavy atom. The lowest BCUT2D eigenvalue weighted by molar-refractivity contribution is -0.326. The summed E-state index contributed by atoms with van der Waals surface area (Å²) in [6, 6.07) is 0. The van der Waals surface area contributed by atoms with Crippen molar-refractivity contribution < 1.29 is 9.90 Å². The van der Waals surface area contributed by atoms with Crippen molar-refractivity contribution in [2.45, 2.75) is 66.2 Å². The second-order valence-corrected chi connectivity index (χ2v) is 8.52. The first-order valence-corrected chi connectivity index (χ1v) is 8.91. The number of carboxylic acid groups (broad SMARTS) is 1. The van der Waals surface area contributed by atoms with Crippen molar-refractivity contribution >= 4 is 5.97 Å². The minimum absolute atomic E-state index is 0.121. The van der Waals surface area contributed by atoms with E-state index in [4.69, 9.17) is 0 Å². The molecule has 0 N–H and O–H groups in total. The Kier molecular flexibility index (Phi) is 3.78. The van der Waals surface area contributed by atoms with Crippen molar-refractivity contribution in [3.8, 4) is 0 Å². The van der Waals surface area contributed by atoms with E-state index in [0.29, 0.717) is 11.8 Å². The summed E-state index contributed by atoms with van der Waals surface area (Å²) < 4.78 is 0. The van der Waals surface area contributed by atoms with Gasteiger partial charge in [-0.25, -0.2) is 0 Å². The lowest BCUT2D eigenvalue weighted by atomic mass is 9.47. The van der Waals surface area contributed by atoms with E-state index in [2.05, 4.69) is 32.9 Å². The minimum Gasteiger partial charge on any atom is -0.550 e. The molecule has 0 radical (unpaired) electrons. The van der Waals surface area contributed by atoms with Crippen LogP contribution in [0.25, 0.3) is 0 Å². The Morgan fingerprint density at radius 2 is 2.05 bits per heavy atom. The summed E-state index contributed by atoms with van der Waals surface area (Å²) in [6.45, 7) is 8.83. The Labute approximate surface area is 134 Å². The zero-order chi connectivity index (χ0) is 16.1.